The first-order valence-electron chi connectivity index (χ1n) is 7.49. The van der Waals surface area contributed by atoms with Gasteiger partial charge in [-0.2, -0.15) is 0 Å². The Morgan fingerprint density at radius 2 is 1.42 bits per heavy atom. The van der Waals surface area contributed by atoms with Crippen LogP contribution in [0.15, 0.2) is 66.7 Å². The molecule has 3 aromatic rings. The molecule has 5 nitrogen and oxygen atoms in total. The molecule has 0 fully saturated rings. The average molecular weight is 321 g/mol. The number of nitrogens with zero attached hydrogens (tertiary/aromatic N) is 1. The summed E-state index contributed by atoms with van der Waals surface area (Å²) >= 11 is 0. The minimum absolute atomic E-state index is 0.00690. The molecule has 0 atom stereocenters. The molecule has 0 aliphatic carbocycles. The molecule has 0 spiro atoms. The molecule has 0 N–H and O–H groups in total. The first-order valence-corrected chi connectivity index (χ1v) is 7.49. The second-order valence-corrected chi connectivity index (χ2v) is 5.03. The fourth-order valence-electron chi connectivity index (χ4n) is 2.18. The standard InChI is InChI=1S/C19H15NO4/c21-18(15-7-2-1-3-8-15)23-12-13-24-19(22)17-11-10-14-6-4-5-9-16(14)20-17/h1-11H,12-13H2. The molecule has 2 aromatic carbocycles. The van der Waals surface area contributed by atoms with Crippen LogP contribution in [0, 0.1) is 0 Å². The van der Waals surface area contributed by atoms with Crippen LogP contribution in [0.2, 0.25) is 0 Å². The van der Waals surface area contributed by atoms with Gasteiger partial charge in [0.15, 0.2) is 0 Å². The summed E-state index contributed by atoms with van der Waals surface area (Å²) in [5, 5.41) is 0.950. The van der Waals surface area contributed by atoms with E-state index in [1.165, 1.54) is 0 Å². The van der Waals surface area contributed by atoms with Gasteiger partial charge in [0.1, 0.15) is 18.9 Å². The van der Waals surface area contributed by atoms with Crippen molar-refractivity contribution in [3.05, 3.63) is 78.0 Å². The van der Waals surface area contributed by atoms with E-state index in [1.54, 1.807) is 30.3 Å². The van der Waals surface area contributed by atoms with Crippen LogP contribution in [-0.4, -0.2) is 30.1 Å². The number of esters is 2. The first kappa shape index (κ1) is 15.7. The Hall–Kier alpha value is -3.21. The van der Waals surface area contributed by atoms with E-state index in [-0.39, 0.29) is 18.9 Å². The Bertz CT molecular complexity index is 861. The quantitative estimate of drug-likeness (QED) is 0.533. The lowest BCUT2D eigenvalue weighted by Gasteiger charge is -2.06. The van der Waals surface area contributed by atoms with Crippen molar-refractivity contribution in [2.45, 2.75) is 0 Å². The smallest absolute Gasteiger partial charge is 0.357 e. The maximum Gasteiger partial charge on any atom is 0.357 e. The molecule has 3 rings (SSSR count). The minimum atomic E-state index is -0.545. The molecule has 0 radical (unpaired) electrons. The van der Waals surface area contributed by atoms with Crippen molar-refractivity contribution >= 4 is 22.8 Å². The zero-order valence-corrected chi connectivity index (χ0v) is 12.8. The second-order valence-electron chi connectivity index (χ2n) is 5.03. The molecule has 0 aliphatic rings. The number of pyridine rings is 1. The van der Waals surface area contributed by atoms with Crippen LogP contribution >= 0.6 is 0 Å². The van der Waals surface area contributed by atoms with Crippen LogP contribution in [0.1, 0.15) is 20.8 Å². The van der Waals surface area contributed by atoms with E-state index in [2.05, 4.69) is 4.98 Å². The fourth-order valence-corrected chi connectivity index (χ4v) is 2.18. The zero-order chi connectivity index (χ0) is 16.8. The van der Waals surface area contributed by atoms with Crippen molar-refractivity contribution < 1.29 is 19.1 Å². The molecule has 0 saturated heterocycles. The highest BCUT2D eigenvalue weighted by Crippen LogP contribution is 2.12. The summed E-state index contributed by atoms with van der Waals surface area (Å²) in [6.07, 6.45) is 0. The molecule has 120 valence electrons. The van der Waals surface area contributed by atoms with Gasteiger partial charge in [0.05, 0.1) is 11.1 Å². The third-order valence-corrected chi connectivity index (χ3v) is 3.37. The number of carbonyl (C=O) groups excluding carboxylic acids is 2. The highest BCUT2D eigenvalue weighted by molar-refractivity contribution is 5.91. The molecular weight excluding hydrogens is 306 g/mol. The van der Waals surface area contributed by atoms with Crippen molar-refractivity contribution in [3.8, 4) is 0 Å². The summed E-state index contributed by atoms with van der Waals surface area (Å²) in [6, 6.07) is 19.6. The Balaban J connectivity index is 1.51. The molecule has 0 bridgehead atoms. The maximum absolute atomic E-state index is 12.0. The molecule has 0 amide bonds. The van der Waals surface area contributed by atoms with Gasteiger partial charge in [-0.15, -0.1) is 0 Å². The van der Waals surface area contributed by atoms with E-state index < -0.39 is 11.9 Å². The van der Waals surface area contributed by atoms with Crippen molar-refractivity contribution in [3.63, 3.8) is 0 Å². The Kier molecular flexibility index (Phi) is 4.81. The lowest BCUT2D eigenvalue weighted by atomic mass is 10.2. The van der Waals surface area contributed by atoms with Gasteiger partial charge in [-0.05, 0) is 24.3 Å². The van der Waals surface area contributed by atoms with Gasteiger partial charge < -0.3 is 9.47 Å². The molecule has 0 saturated carbocycles. The van der Waals surface area contributed by atoms with Crippen molar-refractivity contribution in [2.24, 2.45) is 0 Å². The van der Waals surface area contributed by atoms with E-state index in [1.807, 2.05) is 36.4 Å². The van der Waals surface area contributed by atoms with E-state index in [0.717, 1.165) is 10.9 Å². The summed E-state index contributed by atoms with van der Waals surface area (Å²) in [7, 11) is 0. The Labute approximate surface area is 138 Å². The highest BCUT2D eigenvalue weighted by atomic mass is 16.6. The number of fused-ring (bicyclic) bond motifs is 1. The van der Waals surface area contributed by atoms with Crippen molar-refractivity contribution in [1.29, 1.82) is 0 Å². The number of rotatable bonds is 5. The van der Waals surface area contributed by atoms with E-state index >= 15 is 0 Å². The number of carbonyl (C=O) groups is 2. The Morgan fingerprint density at radius 3 is 2.21 bits per heavy atom. The summed E-state index contributed by atoms with van der Waals surface area (Å²) in [5.41, 5.74) is 1.41. The van der Waals surface area contributed by atoms with Crippen LogP contribution in [0.25, 0.3) is 10.9 Å². The van der Waals surface area contributed by atoms with Gasteiger partial charge in [-0.25, -0.2) is 14.6 Å². The summed E-state index contributed by atoms with van der Waals surface area (Å²) < 4.78 is 10.1. The monoisotopic (exact) mass is 321 g/mol. The average Bonchev–Trinajstić information content (AvgIpc) is 2.65. The molecule has 0 aliphatic heterocycles. The lowest BCUT2D eigenvalue weighted by molar-refractivity contribution is 0.0262. The molecule has 5 heteroatoms. The van der Waals surface area contributed by atoms with Gasteiger partial charge in [0, 0.05) is 5.39 Å². The van der Waals surface area contributed by atoms with Crippen LogP contribution in [-0.2, 0) is 9.47 Å². The topological polar surface area (TPSA) is 65.5 Å². The van der Waals surface area contributed by atoms with Gasteiger partial charge >= 0.3 is 11.9 Å². The number of hydrogen-bond acceptors (Lipinski definition) is 5. The van der Waals surface area contributed by atoms with Crippen molar-refractivity contribution in [2.75, 3.05) is 13.2 Å². The largest absolute Gasteiger partial charge is 0.458 e. The van der Waals surface area contributed by atoms with E-state index in [9.17, 15) is 9.59 Å². The van der Waals surface area contributed by atoms with E-state index in [0.29, 0.717) is 5.56 Å². The molecule has 0 unspecified atom stereocenters. The highest BCUT2D eigenvalue weighted by Gasteiger charge is 2.11. The lowest BCUT2D eigenvalue weighted by Crippen LogP contribution is -2.15. The number of para-hydroxylation sites is 1. The Morgan fingerprint density at radius 1 is 0.750 bits per heavy atom. The predicted molar refractivity (Wildman–Crippen MR) is 88.8 cm³/mol. The summed E-state index contributed by atoms with van der Waals surface area (Å²) in [4.78, 5) is 28.0. The van der Waals surface area contributed by atoms with Gasteiger partial charge in [0.25, 0.3) is 0 Å². The van der Waals surface area contributed by atoms with Crippen LogP contribution in [0.5, 0.6) is 0 Å². The fraction of sp³-hybridized carbons (Fsp3) is 0.105. The van der Waals surface area contributed by atoms with Crippen LogP contribution in [0.4, 0.5) is 0 Å². The molecule has 1 heterocycles. The van der Waals surface area contributed by atoms with Gasteiger partial charge in [-0.1, -0.05) is 42.5 Å². The molecular formula is C19H15NO4. The number of benzene rings is 2. The van der Waals surface area contributed by atoms with E-state index in [4.69, 9.17) is 9.47 Å². The minimum Gasteiger partial charge on any atom is -0.458 e. The predicted octanol–water partition coefficient (Wildman–Crippen LogP) is 3.25. The second kappa shape index (κ2) is 7.37. The molecule has 24 heavy (non-hydrogen) atoms. The number of aromatic nitrogens is 1. The SMILES string of the molecule is O=C(OCCOC(=O)c1ccc2ccccc2n1)c1ccccc1. The van der Waals surface area contributed by atoms with Gasteiger partial charge in [-0.3, -0.25) is 0 Å². The molecule has 1 aromatic heterocycles. The van der Waals surface area contributed by atoms with Gasteiger partial charge in [0.2, 0.25) is 0 Å². The first-order chi connectivity index (χ1) is 11.7. The maximum atomic E-state index is 12.0. The summed E-state index contributed by atoms with van der Waals surface area (Å²) in [5.74, 6) is -0.994. The zero-order valence-electron chi connectivity index (χ0n) is 12.8. The summed E-state index contributed by atoms with van der Waals surface area (Å²) in [6.45, 7) is -0.0288. The number of ether oxygens (including phenoxy) is 2. The van der Waals surface area contributed by atoms with Crippen LogP contribution < -0.4 is 0 Å². The number of hydrogen-bond donors (Lipinski definition) is 0. The normalized spacial score (nSPS) is 10.3. The van der Waals surface area contributed by atoms with Crippen molar-refractivity contribution in [1.82, 2.24) is 4.98 Å². The third-order valence-electron chi connectivity index (χ3n) is 3.37. The third kappa shape index (κ3) is 3.76. The van der Waals surface area contributed by atoms with Crippen LogP contribution in [0.3, 0.4) is 0 Å².